The van der Waals surface area contributed by atoms with Gasteiger partial charge in [-0.05, 0) is 108 Å². The van der Waals surface area contributed by atoms with Crippen molar-refractivity contribution in [1.29, 1.82) is 0 Å². The van der Waals surface area contributed by atoms with E-state index in [0.29, 0.717) is 72.1 Å². The molecule has 0 rings (SSSR count). The van der Waals surface area contributed by atoms with Crippen molar-refractivity contribution in [3.8, 4) is 0 Å². The highest BCUT2D eigenvalue weighted by Gasteiger charge is 2.42. The summed E-state index contributed by atoms with van der Waals surface area (Å²) in [6.07, 6.45) is 2.82. The molecule has 0 saturated heterocycles. The summed E-state index contributed by atoms with van der Waals surface area (Å²) in [7, 11) is -5.02. The predicted molar refractivity (Wildman–Crippen MR) is 217 cm³/mol. The monoisotopic (exact) mass is 826 g/mol. The summed E-state index contributed by atoms with van der Waals surface area (Å²) in [5.41, 5.74) is 11.1. The highest BCUT2D eigenvalue weighted by Crippen LogP contribution is 2.20. The second-order valence-electron chi connectivity index (χ2n) is 11.3. The van der Waals surface area contributed by atoms with Crippen LogP contribution in [0, 0.1) is 0 Å². The number of nitrogens with one attached hydrogen (secondary N) is 1. The first-order chi connectivity index (χ1) is 24.9. The first-order valence-electron chi connectivity index (χ1n) is 19.5. The van der Waals surface area contributed by atoms with E-state index < -0.39 is 35.2 Å². The Morgan fingerprint density at radius 2 is 0.712 bits per heavy atom. The van der Waals surface area contributed by atoms with Crippen LogP contribution in [-0.4, -0.2) is 142 Å². The highest BCUT2D eigenvalue weighted by atomic mass is 28.4. The molecule has 0 aromatic rings. The van der Waals surface area contributed by atoms with Gasteiger partial charge >= 0.3 is 35.2 Å². The van der Waals surface area contributed by atoms with Crippen LogP contribution < -0.4 is 16.8 Å². The molecular weight excluding hydrogens is 743 g/mol. The van der Waals surface area contributed by atoms with Gasteiger partial charge in [0.05, 0.1) is 0 Å². The molecule has 5 N–H and O–H groups in total. The topological polar surface area (TPSA) is 175 Å². The van der Waals surface area contributed by atoms with Gasteiger partial charge in [-0.25, -0.2) is 0 Å². The van der Waals surface area contributed by atoms with E-state index in [9.17, 15) is 0 Å². The lowest BCUT2D eigenvalue weighted by atomic mass is 10.4. The molecule has 0 aromatic heterocycles. The SMILES string of the molecule is CCO[Si](CC(C)N)(OCC)OCC.CCO[Si](CCCNCCC[Si](OCC)(OCC)OCC)(OCC)OCC.CO[Si](CCCN)(OC)OC. The molecule has 1 atom stereocenters. The van der Waals surface area contributed by atoms with E-state index >= 15 is 0 Å². The van der Waals surface area contributed by atoms with Gasteiger partial charge in [-0.1, -0.05) is 0 Å². The molecule has 19 heteroatoms. The Hall–Kier alpha value is 0.268. The Kier molecular flexibility index (Phi) is 40.1. The van der Waals surface area contributed by atoms with Gasteiger partial charge in [0.25, 0.3) is 0 Å². The molecule has 0 amide bonds. The highest BCUT2D eigenvalue weighted by molar-refractivity contribution is 6.61. The molecule has 15 nitrogen and oxygen atoms in total. The molecule has 0 bridgehead atoms. The standard InChI is InChI=1S/C18H43NO6Si2.C9H23NO3Si.C6H17NO3Si/c1-7-20-26(21-8-2,22-9-3)17-13-15-19-16-14-18-27(23-10-4,24-11-5)25-12-6;1-5-11-14(12-6-2,13-7-3)8-9(4)10;1-8-11(9-2,10-3)6-4-5-7/h19H,7-18H2,1-6H3;9H,5-8,10H2,1-4H3;4-7H2,1-3H3. The first-order valence-corrected chi connectivity index (χ1v) is 27.2. The molecule has 0 aliphatic carbocycles. The average molecular weight is 826 g/mol. The molecule has 0 fully saturated rings. The fourth-order valence-corrected chi connectivity index (χ4v) is 14.9. The van der Waals surface area contributed by atoms with Crippen molar-refractivity contribution in [2.45, 2.75) is 119 Å². The van der Waals surface area contributed by atoms with Gasteiger partial charge in [0.2, 0.25) is 0 Å². The molecule has 0 aliphatic heterocycles. The molecule has 0 aromatic carbocycles. The maximum Gasteiger partial charge on any atom is 0.502 e. The molecule has 1 unspecified atom stereocenters. The number of hydrogen-bond acceptors (Lipinski definition) is 15. The van der Waals surface area contributed by atoms with Crippen molar-refractivity contribution in [3.05, 3.63) is 0 Å². The van der Waals surface area contributed by atoms with Crippen LogP contribution >= 0.6 is 0 Å². The minimum Gasteiger partial charge on any atom is -0.377 e. The van der Waals surface area contributed by atoms with Crippen LogP contribution in [0.1, 0.15) is 88.5 Å². The van der Waals surface area contributed by atoms with Crippen molar-refractivity contribution < 1.29 is 53.1 Å². The van der Waals surface area contributed by atoms with Gasteiger partial charge in [-0.15, -0.1) is 0 Å². The van der Waals surface area contributed by atoms with E-state index in [4.69, 9.17) is 64.6 Å². The Morgan fingerprint density at radius 1 is 0.442 bits per heavy atom. The lowest BCUT2D eigenvalue weighted by Gasteiger charge is -2.29. The zero-order chi connectivity index (χ0) is 40.2. The Labute approximate surface area is 323 Å². The predicted octanol–water partition coefficient (Wildman–Crippen LogP) is 5.05. The van der Waals surface area contributed by atoms with Crippen molar-refractivity contribution in [1.82, 2.24) is 5.32 Å². The molecule has 52 heavy (non-hydrogen) atoms. The van der Waals surface area contributed by atoms with Gasteiger partial charge < -0.3 is 69.9 Å². The van der Waals surface area contributed by atoms with Crippen LogP contribution in [0.2, 0.25) is 24.2 Å². The fraction of sp³-hybridized carbons (Fsp3) is 1.00. The third-order valence-electron chi connectivity index (χ3n) is 7.14. The van der Waals surface area contributed by atoms with Crippen LogP contribution in [0.25, 0.3) is 0 Å². The van der Waals surface area contributed by atoms with E-state index in [1.54, 1.807) is 21.3 Å². The summed E-state index contributed by atoms with van der Waals surface area (Å²) in [6, 6.07) is 3.19. The largest absolute Gasteiger partial charge is 0.502 e. The molecule has 0 radical (unpaired) electrons. The van der Waals surface area contributed by atoms with Crippen LogP contribution in [0.15, 0.2) is 0 Å². The van der Waals surface area contributed by atoms with Crippen molar-refractivity contribution in [2.75, 3.05) is 100 Å². The van der Waals surface area contributed by atoms with Gasteiger partial charge in [-0.2, -0.15) is 0 Å². The van der Waals surface area contributed by atoms with Crippen LogP contribution in [0.4, 0.5) is 0 Å². The van der Waals surface area contributed by atoms with Gasteiger partial charge in [-0.3, -0.25) is 0 Å². The second kappa shape index (κ2) is 36.9. The maximum atomic E-state index is 5.89. The number of hydrogen-bond donors (Lipinski definition) is 3. The third-order valence-corrected chi connectivity index (χ3v) is 19.6. The normalized spacial score (nSPS) is 13.0. The van der Waals surface area contributed by atoms with Crippen LogP contribution in [0.5, 0.6) is 0 Å². The van der Waals surface area contributed by atoms with E-state index in [1.807, 2.05) is 69.2 Å². The smallest absolute Gasteiger partial charge is 0.377 e. The van der Waals surface area contributed by atoms with Gasteiger partial charge in [0.1, 0.15) is 0 Å². The maximum absolute atomic E-state index is 5.89. The summed E-state index contributed by atoms with van der Waals surface area (Å²) >= 11 is 0. The summed E-state index contributed by atoms with van der Waals surface area (Å²) in [4.78, 5) is 0. The zero-order valence-corrected chi connectivity index (χ0v) is 39.6. The third kappa shape index (κ3) is 27.0. The lowest BCUT2D eigenvalue weighted by Crippen LogP contribution is -2.49. The van der Waals surface area contributed by atoms with Crippen LogP contribution in [-0.2, 0) is 53.1 Å². The summed E-state index contributed by atoms with van der Waals surface area (Å²) < 4.78 is 67.8. The van der Waals surface area contributed by atoms with E-state index in [0.717, 1.165) is 50.5 Å². The van der Waals surface area contributed by atoms with Crippen molar-refractivity contribution in [2.24, 2.45) is 11.5 Å². The van der Waals surface area contributed by atoms with Crippen LogP contribution in [0.3, 0.4) is 0 Å². The van der Waals surface area contributed by atoms with E-state index in [1.165, 1.54) is 0 Å². The van der Waals surface area contributed by atoms with Crippen molar-refractivity contribution >= 4 is 35.2 Å². The minimum absolute atomic E-state index is 0.0475. The van der Waals surface area contributed by atoms with E-state index in [2.05, 4.69) is 5.32 Å². The second-order valence-corrected chi connectivity index (χ2v) is 22.5. The number of rotatable bonds is 34. The molecule has 0 aliphatic rings. The molecule has 0 spiro atoms. The van der Waals surface area contributed by atoms with Gasteiger partial charge in [0.15, 0.2) is 0 Å². The molecule has 0 heterocycles. The Morgan fingerprint density at radius 3 is 0.942 bits per heavy atom. The molecule has 318 valence electrons. The Balaban J connectivity index is -0.000000797. The van der Waals surface area contributed by atoms with E-state index in [-0.39, 0.29) is 6.04 Å². The minimum atomic E-state index is -2.52. The number of nitrogens with two attached hydrogens (primary N) is 2. The first kappa shape index (κ1) is 56.6. The van der Waals surface area contributed by atoms with Gasteiger partial charge in [0, 0.05) is 111 Å². The fourth-order valence-electron chi connectivity index (χ4n) is 5.22. The molecular formula is C33H83N3O12Si4. The quantitative estimate of drug-likeness (QED) is 0.0581. The molecule has 0 saturated carbocycles. The lowest BCUT2D eigenvalue weighted by molar-refractivity contribution is 0.0693. The average Bonchev–Trinajstić information content (AvgIpc) is 3.10. The zero-order valence-electron chi connectivity index (χ0n) is 35.6. The summed E-state index contributed by atoms with van der Waals surface area (Å²) in [5.74, 6) is 0. The Bertz CT molecular complexity index is 665. The van der Waals surface area contributed by atoms with Crippen molar-refractivity contribution in [3.63, 3.8) is 0 Å². The summed E-state index contributed by atoms with van der Waals surface area (Å²) in [5, 5.41) is 3.49. The summed E-state index contributed by atoms with van der Waals surface area (Å²) in [6.45, 7) is 27.8.